The average molecular weight is 266 g/mol. The molecule has 1 heterocycles. The fourth-order valence-corrected chi connectivity index (χ4v) is 2.14. The number of nitrogens with two attached hydrogens (primary N) is 1. The molecule has 1 aliphatic rings. The maximum absolute atomic E-state index is 13.0. The highest BCUT2D eigenvalue weighted by Crippen LogP contribution is 2.26. The fourth-order valence-electron chi connectivity index (χ4n) is 2.14. The number of rotatable bonds is 4. The van der Waals surface area contributed by atoms with E-state index in [1.165, 1.54) is 12.1 Å². The van der Waals surface area contributed by atoms with Crippen LogP contribution >= 0.6 is 0 Å². The highest BCUT2D eigenvalue weighted by atomic mass is 19.1. The van der Waals surface area contributed by atoms with Crippen molar-refractivity contribution in [3.05, 3.63) is 35.6 Å². The van der Waals surface area contributed by atoms with Gasteiger partial charge in [0.2, 0.25) is 5.91 Å². The van der Waals surface area contributed by atoms with Gasteiger partial charge in [-0.1, -0.05) is 12.1 Å². The molecule has 0 aromatic heterocycles. The van der Waals surface area contributed by atoms with Crippen LogP contribution in [-0.4, -0.2) is 31.7 Å². The molecule has 2 atom stereocenters. The zero-order valence-electron chi connectivity index (χ0n) is 11.0. The Morgan fingerprint density at radius 3 is 3.05 bits per heavy atom. The Balaban J connectivity index is 1.84. The zero-order valence-corrected chi connectivity index (χ0v) is 11.0. The largest absolute Gasteiger partial charge is 0.379 e. The Morgan fingerprint density at radius 1 is 1.63 bits per heavy atom. The van der Waals surface area contributed by atoms with Crippen LogP contribution in [0.1, 0.15) is 12.5 Å². The van der Waals surface area contributed by atoms with E-state index < -0.39 is 5.41 Å². The van der Waals surface area contributed by atoms with Crippen molar-refractivity contribution in [2.45, 2.75) is 19.4 Å². The molecule has 1 aliphatic heterocycles. The lowest BCUT2D eigenvalue weighted by Crippen LogP contribution is -2.50. The van der Waals surface area contributed by atoms with Crippen LogP contribution < -0.4 is 11.1 Å². The molecule has 1 aromatic carbocycles. The van der Waals surface area contributed by atoms with E-state index in [0.29, 0.717) is 26.2 Å². The third-order valence-corrected chi connectivity index (χ3v) is 3.62. The first-order valence-corrected chi connectivity index (χ1v) is 6.38. The van der Waals surface area contributed by atoms with Crippen LogP contribution in [-0.2, 0) is 16.0 Å². The first-order chi connectivity index (χ1) is 9.02. The molecule has 104 valence electrons. The summed E-state index contributed by atoms with van der Waals surface area (Å²) in [7, 11) is 0. The van der Waals surface area contributed by atoms with Crippen molar-refractivity contribution in [1.29, 1.82) is 0 Å². The van der Waals surface area contributed by atoms with Crippen molar-refractivity contribution in [2.24, 2.45) is 11.1 Å². The molecule has 0 aliphatic carbocycles. The SMILES string of the molecule is CC1(C(=O)NCCc2cccc(F)c2)COCC1N. The van der Waals surface area contributed by atoms with Crippen LogP contribution in [0.2, 0.25) is 0 Å². The summed E-state index contributed by atoms with van der Waals surface area (Å²) in [5.41, 5.74) is 6.08. The number of hydrogen-bond donors (Lipinski definition) is 2. The zero-order chi connectivity index (χ0) is 13.9. The van der Waals surface area contributed by atoms with E-state index in [9.17, 15) is 9.18 Å². The van der Waals surface area contributed by atoms with E-state index in [-0.39, 0.29) is 17.8 Å². The Bertz CT molecular complexity index is 467. The van der Waals surface area contributed by atoms with Gasteiger partial charge in [0.15, 0.2) is 0 Å². The molecule has 1 fully saturated rings. The van der Waals surface area contributed by atoms with E-state index in [1.807, 2.05) is 13.0 Å². The number of hydrogen-bond acceptors (Lipinski definition) is 3. The molecule has 1 aromatic rings. The van der Waals surface area contributed by atoms with Gasteiger partial charge in [0.05, 0.1) is 18.6 Å². The van der Waals surface area contributed by atoms with Crippen molar-refractivity contribution >= 4 is 5.91 Å². The Morgan fingerprint density at radius 2 is 2.42 bits per heavy atom. The third-order valence-electron chi connectivity index (χ3n) is 3.62. The number of carbonyl (C=O) groups excluding carboxylic acids is 1. The molecule has 1 saturated heterocycles. The normalized spacial score (nSPS) is 26.4. The molecule has 5 heteroatoms. The second kappa shape index (κ2) is 5.67. The summed E-state index contributed by atoms with van der Waals surface area (Å²) < 4.78 is 18.2. The second-order valence-corrected chi connectivity index (χ2v) is 5.17. The van der Waals surface area contributed by atoms with Crippen LogP contribution in [0.15, 0.2) is 24.3 Å². The van der Waals surface area contributed by atoms with Gasteiger partial charge in [0, 0.05) is 12.6 Å². The van der Waals surface area contributed by atoms with Crippen LogP contribution in [0.5, 0.6) is 0 Å². The van der Waals surface area contributed by atoms with Crippen LogP contribution in [0.25, 0.3) is 0 Å². The van der Waals surface area contributed by atoms with Gasteiger partial charge in [-0.3, -0.25) is 4.79 Å². The van der Waals surface area contributed by atoms with E-state index in [2.05, 4.69) is 5.32 Å². The van der Waals surface area contributed by atoms with Gasteiger partial charge in [0.1, 0.15) is 5.82 Å². The van der Waals surface area contributed by atoms with Gasteiger partial charge < -0.3 is 15.8 Å². The first kappa shape index (κ1) is 14.0. The van der Waals surface area contributed by atoms with E-state index in [1.54, 1.807) is 6.07 Å². The number of ether oxygens (including phenoxy) is 1. The standard InChI is InChI=1S/C14H19FN2O2/c1-14(9-19-8-12(14)16)13(18)17-6-5-10-3-2-4-11(15)7-10/h2-4,7,12H,5-6,8-9,16H2,1H3,(H,17,18). The Hall–Kier alpha value is -1.46. The van der Waals surface area contributed by atoms with Gasteiger partial charge in [-0.2, -0.15) is 0 Å². The van der Waals surface area contributed by atoms with Gasteiger partial charge in [-0.15, -0.1) is 0 Å². The number of nitrogens with one attached hydrogen (secondary N) is 1. The molecule has 1 amide bonds. The molecular weight excluding hydrogens is 247 g/mol. The monoisotopic (exact) mass is 266 g/mol. The Labute approximate surface area is 112 Å². The molecule has 3 N–H and O–H groups in total. The predicted molar refractivity (Wildman–Crippen MR) is 70.0 cm³/mol. The van der Waals surface area contributed by atoms with Crippen molar-refractivity contribution in [3.8, 4) is 0 Å². The fraction of sp³-hybridized carbons (Fsp3) is 0.500. The second-order valence-electron chi connectivity index (χ2n) is 5.17. The lowest BCUT2D eigenvalue weighted by atomic mass is 9.85. The van der Waals surface area contributed by atoms with E-state index >= 15 is 0 Å². The number of carbonyl (C=O) groups is 1. The minimum Gasteiger partial charge on any atom is -0.379 e. The summed E-state index contributed by atoms with van der Waals surface area (Å²) in [5, 5.41) is 2.84. The molecule has 0 bridgehead atoms. The van der Waals surface area contributed by atoms with E-state index in [4.69, 9.17) is 10.5 Å². The maximum atomic E-state index is 13.0. The number of benzene rings is 1. The third kappa shape index (κ3) is 3.11. The summed E-state index contributed by atoms with van der Waals surface area (Å²) in [5.74, 6) is -0.365. The Kier molecular flexibility index (Phi) is 4.17. The average Bonchev–Trinajstić information content (AvgIpc) is 2.71. The lowest BCUT2D eigenvalue weighted by molar-refractivity contribution is -0.130. The topological polar surface area (TPSA) is 64.3 Å². The molecular formula is C14H19FN2O2. The van der Waals surface area contributed by atoms with Gasteiger partial charge in [-0.25, -0.2) is 4.39 Å². The minimum atomic E-state index is -0.665. The molecule has 0 spiro atoms. The summed E-state index contributed by atoms with van der Waals surface area (Å²) in [6.45, 7) is 3.03. The first-order valence-electron chi connectivity index (χ1n) is 6.38. The molecule has 2 unspecified atom stereocenters. The van der Waals surface area contributed by atoms with Crippen molar-refractivity contribution in [1.82, 2.24) is 5.32 Å². The molecule has 2 rings (SSSR count). The highest BCUT2D eigenvalue weighted by molar-refractivity contribution is 5.83. The van der Waals surface area contributed by atoms with Crippen molar-refractivity contribution in [3.63, 3.8) is 0 Å². The van der Waals surface area contributed by atoms with Gasteiger partial charge in [-0.05, 0) is 31.0 Å². The summed E-state index contributed by atoms with van der Waals surface area (Å²) in [6.07, 6.45) is 0.593. The van der Waals surface area contributed by atoms with Crippen LogP contribution in [0.4, 0.5) is 4.39 Å². The summed E-state index contributed by atoms with van der Waals surface area (Å²) in [4.78, 5) is 12.1. The number of amides is 1. The van der Waals surface area contributed by atoms with Crippen LogP contribution in [0.3, 0.4) is 0 Å². The molecule has 4 nitrogen and oxygen atoms in total. The van der Waals surface area contributed by atoms with Gasteiger partial charge >= 0.3 is 0 Å². The van der Waals surface area contributed by atoms with Crippen molar-refractivity contribution < 1.29 is 13.9 Å². The number of halogens is 1. The summed E-state index contributed by atoms with van der Waals surface area (Å²) in [6, 6.07) is 6.09. The minimum absolute atomic E-state index is 0.103. The highest BCUT2D eigenvalue weighted by Gasteiger charge is 2.44. The molecule has 0 saturated carbocycles. The van der Waals surface area contributed by atoms with E-state index in [0.717, 1.165) is 5.56 Å². The molecule has 19 heavy (non-hydrogen) atoms. The predicted octanol–water partition coefficient (Wildman–Crippen LogP) is 0.848. The summed E-state index contributed by atoms with van der Waals surface area (Å²) >= 11 is 0. The maximum Gasteiger partial charge on any atom is 0.229 e. The lowest BCUT2D eigenvalue weighted by Gasteiger charge is -2.25. The quantitative estimate of drug-likeness (QED) is 0.849. The smallest absolute Gasteiger partial charge is 0.229 e. The van der Waals surface area contributed by atoms with Crippen LogP contribution in [0, 0.1) is 11.2 Å². The van der Waals surface area contributed by atoms with Gasteiger partial charge in [0.25, 0.3) is 0 Å². The molecule has 0 radical (unpaired) electrons. The van der Waals surface area contributed by atoms with Crippen molar-refractivity contribution in [2.75, 3.05) is 19.8 Å².